The number of fused-ring (bicyclic) bond motifs is 2. The zero-order valence-corrected chi connectivity index (χ0v) is 29.3. The van der Waals surface area contributed by atoms with E-state index in [9.17, 15) is 32.7 Å². The smallest absolute Gasteiger partial charge is 0.416 e. The Morgan fingerprint density at radius 3 is 2.51 bits per heavy atom. The Balaban J connectivity index is 1.28. The van der Waals surface area contributed by atoms with E-state index in [1.165, 1.54) is 11.2 Å². The first-order chi connectivity index (χ1) is 25.3. The largest absolute Gasteiger partial charge is 0.504 e. The lowest BCUT2D eigenvalue weighted by Gasteiger charge is -2.36. The number of anilines is 2. The topological polar surface area (TPSA) is 168 Å². The molecule has 1 aromatic carbocycles. The summed E-state index contributed by atoms with van der Waals surface area (Å²) in [6.07, 6.45) is 0.238. The molecule has 1 aliphatic rings. The van der Waals surface area contributed by atoms with Crippen LogP contribution in [0.4, 0.5) is 24.5 Å². The maximum atomic E-state index is 14.4. The molecular formula is C34H31ClF3N11O4. The number of aromatic nitrogens is 8. The molecule has 0 bridgehead atoms. The van der Waals surface area contributed by atoms with Crippen LogP contribution in [-0.4, -0.2) is 86.7 Å². The molecule has 2 amide bonds. The average molecular weight is 750 g/mol. The molecule has 5 aromatic heterocycles. The highest BCUT2D eigenvalue weighted by molar-refractivity contribution is 6.33. The van der Waals surface area contributed by atoms with Crippen molar-refractivity contribution in [2.24, 2.45) is 0 Å². The normalized spacial score (nSPS) is 13.6. The average Bonchev–Trinajstić information content (AvgIpc) is 3.80. The van der Waals surface area contributed by atoms with Gasteiger partial charge in [-0.2, -0.15) is 27.8 Å². The lowest BCUT2D eigenvalue weighted by molar-refractivity contribution is -0.137. The fourth-order valence-corrected chi connectivity index (χ4v) is 6.68. The van der Waals surface area contributed by atoms with Crippen LogP contribution in [0.15, 0.2) is 53.8 Å². The van der Waals surface area contributed by atoms with Crippen molar-refractivity contribution in [1.29, 1.82) is 0 Å². The zero-order valence-electron chi connectivity index (χ0n) is 28.5. The predicted molar refractivity (Wildman–Crippen MR) is 187 cm³/mol. The monoisotopic (exact) mass is 749 g/mol. The van der Waals surface area contributed by atoms with Crippen LogP contribution in [0.25, 0.3) is 22.7 Å². The first-order valence-electron chi connectivity index (χ1n) is 16.4. The summed E-state index contributed by atoms with van der Waals surface area (Å²) in [6, 6.07) is 6.22. The Morgan fingerprint density at radius 1 is 1.06 bits per heavy atom. The number of hydrogen-bond acceptors (Lipinski definition) is 10. The Bertz CT molecular complexity index is 2490. The van der Waals surface area contributed by atoms with E-state index in [0.29, 0.717) is 11.3 Å². The molecule has 7 rings (SSSR count). The first kappa shape index (κ1) is 35.4. The van der Waals surface area contributed by atoms with Gasteiger partial charge in [-0.25, -0.2) is 14.5 Å². The summed E-state index contributed by atoms with van der Waals surface area (Å²) in [6.45, 7) is 5.64. The fraction of sp³-hybridized carbons (Fsp3) is 0.294. The Morgan fingerprint density at radius 2 is 1.81 bits per heavy atom. The summed E-state index contributed by atoms with van der Waals surface area (Å²) in [5, 5.41) is 21.6. The van der Waals surface area contributed by atoms with Crippen LogP contribution in [0.2, 0.25) is 5.02 Å². The minimum absolute atomic E-state index is 0.0300. The van der Waals surface area contributed by atoms with Crippen LogP contribution in [0, 0.1) is 13.8 Å². The fourth-order valence-electron chi connectivity index (χ4n) is 6.46. The van der Waals surface area contributed by atoms with Crippen molar-refractivity contribution in [2.75, 3.05) is 36.4 Å². The van der Waals surface area contributed by atoms with Crippen molar-refractivity contribution >= 4 is 46.1 Å². The Hall–Kier alpha value is -6.04. The van der Waals surface area contributed by atoms with Crippen molar-refractivity contribution in [3.05, 3.63) is 92.6 Å². The molecule has 15 nitrogen and oxygen atoms in total. The van der Waals surface area contributed by atoms with E-state index in [4.69, 9.17) is 16.6 Å². The number of piperazine rings is 1. The molecular weight excluding hydrogens is 719 g/mol. The second-order valence-corrected chi connectivity index (χ2v) is 12.8. The SMILES string of the molecule is CCc1c(N2CCN(C(=O)c3ncnc(C)c3O)CC2)c(=O)n2nc(-c3ccn4nccc4c3C)nc2n1CC(=O)Nc1ccc(C(F)(F)F)cc1Cl. The lowest BCUT2D eigenvalue weighted by Crippen LogP contribution is -2.51. The quantitative estimate of drug-likeness (QED) is 0.242. The molecule has 19 heteroatoms. The minimum atomic E-state index is -4.62. The molecule has 6 aromatic rings. The van der Waals surface area contributed by atoms with Crippen molar-refractivity contribution in [3.8, 4) is 17.1 Å². The third-order valence-corrected chi connectivity index (χ3v) is 9.52. The number of rotatable bonds is 7. The summed E-state index contributed by atoms with van der Waals surface area (Å²) < 4.78 is 44.1. The molecule has 1 aliphatic heterocycles. The van der Waals surface area contributed by atoms with E-state index < -0.39 is 35.7 Å². The highest BCUT2D eigenvalue weighted by atomic mass is 35.5. The van der Waals surface area contributed by atoms with E-state index in [1.54, 1.807) is 34.5 Å². The lowest BCUT2D eigenvalue weighted by atomic mass is 10.1. The standard InChI is InChI=1S/C34H31ClF3N11O4/c1-4-24-28(45-11-13-46(14-12-45)31(52)27-29(51)19(3)39-17-40-27)32(53)49-33(43-30(44-49)21-8-10-48-25(18(21)2)7-9-41-48)47(24)16-26(50)42-23-6-5-20(15-22(23)35)34(36,37)38/h5-10,15,17,51H,4,11-14,16H2,1-3H3,(H,42,50). The van der Waals surface area contributed by atoms with Gasteiger partial charge in [-0.1, -0.05) is 18.5 Å². The molecule has 0 unspecified atom stereocenters. The van der Waals surface area contributed by atoms with Crippen LogP contribution < -0.4 is 15.8 Å². The van der Waals surface area contributed by atoms with Crippen molar-refractivity contribution < 1.29 is 27.9 Å². The highest BCUT2D eigenvalue weighted by Gasteiger charge is 2.32. The molecule has 0 radical (unpaired) electrons. The molecule has 1 saturated heterocycles. The number of aromatic hydroxyl groups is 1. The van der Waals surface area contributed by atoms with E-state index >= 15 is 0 Å². The van der Waals surface area contributed by atoms with Gasteiger partial charge in [0.25, 0.3) is 11.5 Å². The molecule has 2 N–H and O–H groups in total. The second-order valence-electron chi connectivity index (χ2n) is 12.4. The van der Waals surface area contributed by atoms with Gasteiger partial charge in [0, 0.05) is 44.1 Å². The number of aryl methyl sites for hydroxylation is 2. The molecule has 0 saturated carbocycles. The number of alkyl halides is 3. The van der Waals surface area contributed by atoms with Crippen molar-refractivity contribution in [2.45, 2.75) is 39.9 Å². The molecule has 53 heavy (non-hydrogen) atoms. The van der Waals surface area contributed by atoms with E-state index in [1.807, 2.05) is 24.8 Å². The summed E-state index contributed by atoms with van der Waals surface area (Å²) in [7, 11) is 0. The van der Waals surface area contributed by atoms with E-state index in [-0.39, 0.29) is 77.7 Å². The summed E-state index contributed by atoms with van der Waals surface area (Å²) in [4.78, 5) is 57.2. The molecule has 274 valence electrons. The number of carbonyl (C=O) groups excluding carboxylic acids is 2. The number of amides is 2. The molecule has 0 atom stereocenters. The van der Waals surface area contributed by atoms with Crippen LogP contribution in [0.5, 0.6) is 5.75 Å². The maximum absolute atomic E-state index is 14.4. The van der Waals surface area contributed by atoms with Gasteiger partial charge in [-0.05, 0) is 56.2 Å². The first-order valence-corrected chi connectivity index (χ1v) is 16.8. The number of pyridine rings is 1. The molecule has 0 spiro atoms. The summed E-state index contributed by atoms with van der Waals surface area (Å²) in [5.41, 5.74) is 1.57. The third-order valence-electron chi connectivity index (χ3n) is 9.21. The van der Waals surface area contributed by atoms with Gasteiger partial charge in [0.15, 0.2) is 17.3 Å². The van der Waals surface area contributed by atoms with Crippen molar-refractivity contribution in [1.82, 2.24) is 43.6 Å². The Kier molecular flexibility index (Phi) is 9.01. The second kappa shape index (κ2) is 13.5. The number of nitrogens with zero attached hydrogens (tertiary/aromatic N) is 10. The van der Waals surface area contributed by atoms with Crippen LogP contribution >= 0.6 is 11.6 Å². The number of hydrogen-bond donors (Lipinski definition) is 2. The summed E-state index contributed by atoms with van der Waals surface area (Å²) >= 11 is 6.14. The van der Waals surface area contributed by atoms with Gasteiger partial charge < -0.3 is 24.8 Å². The third kappa shape index (κ3) is 6.38. The minimum Gasteiger partial charge on any atom is -0.504 e. The van der Waals surface area contributed by atoms with Gasteiger partial charge in [0.05, 0.1) is 33.2 Å². The summed E-state index contributed by atoms with van der Waals surface area (Å²) in [5.74, 6) is -1.15. The highest BCUT2D eigenvalue weighted by Crippen LogP contribution is 2.34. The zero-order chi connectivity index (χ0) is 37.8. The maximum Gasteiger partial charge on any atom is 0.416 e. The van der Waals surface area contributed by atoms with E-state index in [2.05, 4.69) is 25.5 Å². The number of nitrogens with one attached hydrogen (secondary N) is 1. The molecule has 6 heterocycles. The van der Waals surface area contributed by atoms with Gasteiger partial charge in [0.1, 0.15) is 18.6 Å². The molecule has 0 aliphatic carbocycles. The van der Waals surface area contributed by atoms with Crippen LogP contribution in [-0.2, 0) is 23.9 Å². The van der Waals surface area contributed by atoms with Crippen LogP contribution in [0.3, 0.4) is 0 Å². The van der Waals surface area contributed by atoms with Crippen molar-refractivity contribution in [3.63, 3.8) is 0 Å². The number of benzene rings is 1. The van der Waals surface area contributed by atoms with Gasteiger partial charge in [-0.15, -0.1) is 5.10 Å². The van der Waals surface area contributed by atoms with Crippen LogP contribution in [0.1, 0.15) is 39.9 Å². The van der Waals surface area contributed by atoms with Gasteiger partial charge in [-0.3, -0.25) is 14.4 Å². The predicted octanol–water partition coefficient (Wildman–Crippen LogP) is 4.15. The number of halogens is 4. The number of carbonyl (C=O) groups is 2. The van der Waals surface area contributed by atoms with Gasteiger partial charge >= 0.3 is 6.18 Å². The molecule has 1 fully saturated rings. The Labute approximate surface area is 303 Å². The van der Waals surface area contributed by atoms with Gasteiger partial charge in [0.2, 0.25) is 11.7 Å². The van der Waals surface area contributed by atoms with E-state index in [0.717, 1.165) is 33.8 Å².